The first kappa shape index (κ1) is 18.9. The van der Waals surface area contributed by atoms with Crippen molar-refractivity contribution in [3.8, 4) is 0 Å². The quantitative estimate of drug-likeness (QED) is 0.351. The monoisotopic (exact) mass is 359 g/mol. The molecule has 6 nitrogen and oxygen atoms in total. The molecular formula is C19H26BNO5. The highest BCUT2D eigenvalue weighted by Gasteiger charge is 2.59. The summed E-state index contributed by atoms with van der Waals surface area (Å²) >= 11 is 0. The van der Waals surface area contributed by atoms with Crippen LogP contribution in [-0.2, 0) is 29.0 Å². The molecule has 2 heterocycles. The van der Waals surface area contributed by atoms with Crippen LogP contribution < -0.4 is 5.46 Å². The zero-order chi connectivity index (χ0) is 19.3. The van der Waals surface area contributed by atoms with Crippen molar-refractivity contribution in [1.29, 1.82) is 0 Å². The van der Waals surface area contributed by atoms with Crippen LogP contribution in [0.4, 0.5) is 0 Å². The maximum Gasteiger partial charge on any atom is 0.494 e. The van der Waals surface area contributed by atoms with Crippen LogP contribution in [0.25, 0.3) is 0 Å². The van der Waals surface area contributed by atoms with Crippen LogP contribution in [0.3, 0.4) is 0 Å². The number of nitrogens with zero attached hydrogens (tertiary/aromatic N) is 1. The fraction of sp³-hybridized carbons (Fsp3) is 0.579. The van der Waals surface area contributed by atoms with Gasteiger partial charge in [0, 0.05) is 13.6 Å². The summed E-state index contributed by atoms with van der Waals surface area (Å²) in [7, 11) is 1.20. The minimum Gasteiger partial charge on any atom is -0.465 e. The molecule has 0 aliphatic carbocycles. The number of likely N-dealkylation sites (tertiary alicyclic amines) is 1. The van der Waals surface area contributed by atoms with Gasteiger partial charge in [0.1, 0.15) is 0 Å². The lowest BCUT2D eigenvalue weighted by Crippen LogP contribution is -2.67. The number of esters is 1. The summed E-state index contributed by atoms with van der Waals surface area (Å²) in [5, 5.41) is 0. The third-order valence-corrected chi connectivity index (χ3v) is 5.74. The van der Waals surface area contributed by atoms with E-state index in [9.17, 15) is 9.59 Å². The van der Waals surface area contributed by atoms with Crippen LogP contribution in [0.5, 0.6) is 0 Å². The summed E-state index contributed by atoms with van der Waals surface area (Å²) < 4.78 is 17.3. The molecule has 0 aromatic heterocycles. The largest absolute Gasteiger partial charge is 0.494 e. The SMILES string of the molecule is CCOC(=O)C1(c2ccc(B3OC(C)(C)C(C)(C)O3)cc2)CN(C)C1=O. The predicted octanol–water partition coefficient (Wildman–Crippen LogP) is 1.26. The summed E-state index contributed by atoms with van der Waals surface area (Å²) in [4.78, 5) is 26.5. The molecular weight excluding hydrogens is 333 g/mol. The van der Waals surface area contributed by atoms with Crippen molar-refractivity contribution in [3.63, 3.8) is 0 Å². The topological polar surface area (TPSA) is 65.1 Å². The van der Waals surface area contributed by atoms with Crippen LogP contribution in [0.2, 0.25) is 0 Å². The highest BCUT2D eigenvalue weighted by Crippen LogP contribution is 2.38. The van der Waals surface area contributed by atoms with Gasteiger partial charge >= 0.3 is 13.1 Å². The summed E-state index contributed by atoms with van der Waals surface area (Å²) in [6, 6.07) is 7.29. The molecule has 0 spiro atoms. The van der Waals surface area contributed by atoms with Gasteiger partial charge in [-0.1, -0.05) is 24.3 Å². The van der Waals surface area contributed by atoms with Gasteiger partial charge in [-0.15, -0.1) is 0 Å². The number of hydrogen-bond donors (Lipinski definition) is 0. The van der Waals surface area contributed by atoms with Crippen LogP contribution in [0.15, 0.2) is 24.3 Å². The Morgan fingerprint density at radius 2 is 1.69 bits per heavy atom. The molecule has 26 heavy (non-hydrogen) atoms. The van der Waals surface area contributed by atoms with Crippen LogP contribution in [0, 0.1) is 0 Å². The standard InChI is InChI=1S/C19H26BNO5/c1-7-24-16(23)19(12-21(6)15(19)22)13-8-10-14(11-9-13)20-25-17(2,3)18(4,5)26-20/h8-11H,7,12H2,1-6H3. The normalized spacial score (nSPS) is 26.6. The Morgan fingerprint density at radius 1 is 1.15 bits per heavy atom. The molecule has 2 aliphatic rings. The Kier molecular flexibility index (Phi) is 4.44. The summed E-state index contributed by atoms with van der Waals surface area (Å²) in [6.07, 6.45) is 0. The van der Waals surface area contributed by atoms with Gasteiger partial charge in [0.2, 0.25) is 5.91 Å². The molecule has 1 atom stereocenters. The van der Waals surface area contributed by atoms with Gasteiger partial charge in [-0.05, 0) is 45.6 Å². The van der Waals surface area contributed by atoms with Gasteiger partial charge in [-0.3, -0.25) is 9.59 Å². The van der Waals surface area contributed by atoms with E-state index in [1.165, 1.54) is 4.90 Å². The maximum atomic E-state index is 12.5. The molecule has 2 aliphatic heterocycles. The average molecular weight is 359 g/mol. The molecule has 1 unspecified atom stereocenters. The Hall–Kier alpha value is -1.86. The molecule has 1 amide bonds. The number of amides is 1. The molecule has 2 saturated heterocycles. The molecule has 0 radical (unpaired) electrons. The van der Waals surface area contributed by atoms with E-state index >= 15 is 0 Å². The Bertz CT molecular complexity index is 714. The van der Waals surface area contributed by atoms with Gasteiger partial charge in [0.25, 0.3) is 0 Å². The van der Waals surface area contributed by atoms with Gasteiger partial charge in [0.15, 0.2) is 5.41 Å². The first-order valence-electron chi connectivity index (χ1n) is 8.94. The summed E-state index contributed by atoms with van der Waals surface area (Å²) in [5.74, 6) is -0.731. The average Bonchev–Trinajstić information content (AvgIpc) is 2.80. The second kappa shape index (κ2) is 6.10. The van der Waals surface area contributed by atoms with Crippen molar-refractivity contribution in [2.24, 2.45) is 0 Å². The van der Waals surface area contributed by atoms with Crippen molar-refractivity contribution in [3.05, 3.63) is 29.8 Å². The van der Waals surface area contributed by atoms with E-state index in [4.69, 9.17) is 14.0 Å². The minimum atomic E-state index is -1.24. The number of hydrogen-bond acceptors (Lipinski definition) is 5. The number of likely N-dealkylation sites (N-methyl/N-ethyl adjacent to an activating group) is 1. The second-order valence-corrected chi connectivity index (χ2v) is 8.00. The predicted molar refractivity (Wildman–Crippen MR) is 98.1 cm³/mol. The van der Waals surface area contributed by atoms with Crippen LogP contribution in [-0.4, -0.2) is 55.3 Å². The third-order valence-electron chi connectivity index (χ3n) is 5.74. The number of carbonyl (C=O) groups is 2. The number of ether oxygens (including phenoxy) is 1. The lowest BCUT2D eigenvalue weighted by molar-refractivity contribution is -0.168. The highest BCUT2D eigenvalue weighted by atomic mass is 16.7. The van der Waals surface area contributed by atoms with E-state index < -0.39 is 29.7 Å². The van der Waals surface area contributed by atoms with Crippen molar-refractivity contribution in [2.75, 3.05) is 20.2 Å². The molecule has 7 heteroatoms. The molecule has 0 saturated carbocycles. The Morgan fingerprint density at radius 3 is 2.12 bits per heavy atom. The maximum absolute atomic E-state index is 12.5. The number of β-lactam (4-membered cyclic amide) rings is 1. The van der Waals surface area contributed by atoms with E-state index in [0.717, 1.165) is 5.46 Å². The molecule has 1 aromatic carbocycles. The summed E-state index contributed by atoms with van der Waals surface area (Å²) in [6.45, 7) is 10.3. The van der Waals surface area contributed by atoms with Crippen molar-refractivity contribution >= 4 is 24.5 Å². The first-order chi connectivity index (χ1) is 12.0. The van der Waals surface area contributed by atoms with E-state index in [0.29, 0.717) is 12.1 Å². The van der Waals surface area contributed by atoms with Gasteiger partial charge in [-0.2, -0.15) is 0 Å². The number of benzene rings is 1. The van der Waals surface area contributed by atoms with Crippen molar-refractivity contribution in [1.82, 2.24) is 4.90 Å². The van der Waals surface area contributed by atoms with Crippen LogP contribution >= 0.6 is 0 Å². The second-order valence-electron chi connectivity index (χ2n) is 8.00. The van der Waals surface area contributed by atoms with Gasteiger partial charge in [-0.25, -0.2) is 0 Å². The minimum absolute atomic E-state index is 0.237. The smallest absolute Gasteiger partial charge is 0.465 e. The fourth-order valence-electron chi connectivity index (χ4n) is 3.37. The number of carbonyl (C=O) groups excluding carboxylic acids is 2. The van der Waals surface area contributed by atoms with Crippen molar-refractivity contribution < 1.29 is 23.6 Å². The molecule has 0 bridgehead atoms. The number of rotatable bonds is 4. The van der Waals surface area contributed by atoms with Crippen molar-refractivity contribution in [2.45, 2.75) is 51.2 Å². The molecule has 140 valence electrons. The van der Waals surface area contributed by atoms with Gasteiger partial charge < -0.3 is 18.9 Å². The van der Waals surface area contributed by atoms with E-state index in [1.807, 2.05) is 39.8 Å². The van der Waals surface area contributed by atoms with E-state index in [1.54, 1.807) is 26.1 Å². The Balaban J connectivity index is 1.87. The highest BCUT2D eigenvalue weighted by molar-refractivity contribution is 6.62. The molecule has 1 aromatic rings. The Labute approximate surface area is 154 Å². The fourth-order valence-corrected chi connectivity index (χ4v) is 3.37. The lowest BCUT2D eigenvalue weighted by atomic mass is 9.71. The third kappa shape index (κ3) is 2.65. The zero-order valence-electron chi connectivity index (χ0n) is 16.3. The lowest BCUT2D eigenvalue weighted by Gasteiger charge is -2.45. The van der Waals surface area contributed by atoms with Crippen LogP contribution in [0.1, 0.15) is 40.2 Å². The molecule has 2 fully saturated rings. The van der Waals surface area contributed by atoms with Gasteiger partial charge in [0.05, 0.1) is 17.8 Å². The first-order valence-corrected chi connectivity index (χ1v) is 8.94. The zero-order valence-corrected chi connectivity index (χ0v) is 16.3. The van der Waals surface area contributed by atoms with E-state index in [2.05, 4.69) is 0 Å². The summed E-state index contributed by atoms with van der Waals surface area (Å²) in [5.41, 5.74) is -0.588. The molecule has 3 rings (SSSR count). The van der Waals surface area contributed by atoms with E-state index in [-0.39, 0.29) is 12.5 Å². The molecule has 0 N–H and O–H groups in total.